The van der Waals surface area contributed by atoms with Crippen LogP contribution in [-0.4, -0.2) is 90.5 Å². The molecular formula is C33H40Cl2N8O7. The monoisotopic (exact) mass is 730 g/mol. The Morgan fingerprint density at radius 1 is 1.06 bits per heavy atom. The van der Waals surface area contributed by atoms with Gasteiger partial charge in [0.15, 0.2) is 0 Å². The number of nitro groups is 1. The molecule has 1 spiro atoms. The number of ether oxygens (including phenoxy) is 3. The van der Waals surface area contributed by atoms with E-state index in [-0.39, 0.29) is 55.8 Å². The molecule has 3 amide bonds. The van der Waals surface area contributed by atoms with Gasteiger partial charge in [-0.25, -0.2) is 19.6 Å². The van der Waals surface area contributed by atoms with Crippen molar-refractivity contribution < 1.29 is 28.7 Å². The van der Waals surface area contributed by atoms with Crippen LogP contribution in [0.5, 0.6) is 11.5 Å². The third-order valence-electron chi connectivity index (χ3n) is 8.64. The van der Waals surface area contributed by atoms with Crippen LogP contribution in [0.3, 0.4) is 0 Å². The van der Waals surface area contributed by atoms with Crippen LogP contribution in [0.2, 0.25) is 10.0 Å². The van der Waals surface area contributed by atoms with Gasteiger partial charge in [0, 0.05) is 56.1 Å². The molecule has 50 heavy (non-hydrogen) atoms. The van der Waals surface area contributed by atoms with Crippen LogP contribution >= 0.6 is 23.2 Å². The molecule has 1 aliphatic carbocycles. The second kappa shape index (κ2) is 14.3. The first-order valence-electron chi connectivity index (χ1n) is 15.9. The minimum atomic E-state index is -1.08. The number of amides is 3. The number of anilines is 5. The number of nitrogens with one attached hydrogen (secondary N) is 1. The molecule has 0 unspecified atom stereocenters. The lowest BCUT2D eigenvalue weighted by atomic mass is 10.1. The molecule has 2 heterocycles. The number of rotatable bonds is 9. The van der Waals surface area contributed by atoms with Gasteiger partial charge >= 0.3 is 12.1 Å². The normalized spacial score (nSPS) is 15.3. The number of nitro benzene ring substituents is 1. The summed E-state index contributed by atoms with van der Waals surface area (Å²) >= 11 is 13.2. The first-order chi connectivity index (χ1) is 23.6. The predicted molar refractivity (Wildman–Crippen MR) is 192 cm³/mol. The Labute approximate surface area is 300 Å². The average molecular weight is 732 g/mol. The van der Waals surface area contributed by atoms with Crippen molar-refractivity contribution in [2.45, 2.75) is 51.7 Å². The van der Waals surface area contributed by atoms with Crippen molar-refractivity contribution in [1.29, 1.82) is 0 Å². The standard InChI is InChI=1S/C33H40Cl2N8O7/c1-8-41-14-13-40(18-33(41)11-12-33)20-9-10-21(22(15-20)43(46)47)38-25-17-26(37-19-36-25)39(5)30(44)42(31(45)50-32(2,3)4)29-27(34)23(48-6)16-24(49-7)28(29)35/h9-10,15-17,19H,8,11-14,18H2,1-7H3,(H,36,37,38). The second-order valence-corrected chi connectivity index (χ2v) is 13.7. The van der Waals surface area contributed by atoms with Crippen LogP contribution in [-0.2, 0) is 4.74 Å². The Kier molecular flexibility index (Phi) is 10.5. The van der Waals surface area contributed by atoms with Gasteiger partial charge in [0.1, 0.15) is 56.5 Å². The lowest BCUT2D eigenvalue weighted by Crippen LogP contribution is -2.54. The SMILES string of the molecule is CCN1CCN(c2ccc(Nc3cc(N(C)C(=O)N(C(=O)OC(C)(C)C)c4c(Cl)c(OC)cc(OC)c4Cl)ncn3)c([N+](=O)[O-])c2)CC12CC2. The van der Waals surface area contributed by atoms with Crippen molar-refractivity contribution in [3.8, 4) is 11.5 Å². The number of aromatic nitrogens is 2. The first-order valence-corrected chi connectivity index (χ1v) is 16.7. The molecule has 2 aliphatic rings. The summed E-state index contributed by atoms with van der Waals surface area (Å²) in [5.41, 5.74) is -0.261. The van der Waals surface area contributed by atoms with Gasteiger partial charge in [0.05, 0.1) is 19.1 Å². The maximum atomic E-state index is 14.1. The Morgan fingerprint density at radius 3 is 2.28 bits per heavy atom. The minimum absolute atomic E-state index is 0.0333. The van der Waals surface area contributed by atoms with E-state index in [0.29, 0.717) is 4.90 Å². The number of likely N-dealkylation sites (N-methyl/N-ethyl adjacent to an activating group) is 1. The highest BCUT2D eigenvalue weighted by molar-refractivity contribution is 6.43. The Morgan fingerprint density at radius 2 is 1.72 bits per heavy atom. The number of imide groups is 1. The molecule has 0 radical (unpaired) electrons. The van der Waals surface area contributed by atoms with Gasteiger partial charge in [-0.05, 0) is 52.3 Å². The summed E-state index contributed by atoms with van der Waals surface area (Å²) in [5, 5.41) is 14.9. The van der Waals surface area contributed by atoms with Gasteiger partial charge < -0.3 is 24.4 Å². The van der Waals surface area contributed by atoms with Crippen molar-refractivity contribution in [3.63, 3.8) is 0 Å². The van der Waals surface area contributed by atoms with Crippen LogP contribution in [0.15, 0.2) is 36.7 Å². The summed E-state index contributed by atoms with van der Waals surface area (Å²) in [6, 6.07) is 6.92. The first kappa shape index (κ1) is 36.7. The maximum Gasteiger partial charge on any atom is 0.423 e. The van der Waals surface area contributed by atoms with E-state index in [1.54, 1.807) is 32.9 Å². The van der Waals surface area contributed by atoms with Gasteiger partial charge in [-0.2, -0.15) is 4.90 Å². The van der Waals surface area contributed by atoms with Gasteiger partial charge in [-0.3, -0.25) is 19.9 Å². The molecule has 1 aromatic heterocycles. The number of hydrogen-bond donors (Lipinski definition) is 1. The summed E-state index contributed by atoms with van der Waals surface area (Å²) in [5.74, 6) is 0.361. The molecule has 2 aromatic carbocycles. The summed E-state index contributed by atoms with van der Waals surface area (Å²) in [7, 11) is 4.08. The van der Waals surface area contributed by atoms with Crippen molar-refractivity contribution in [2.75, 3.05) is 67.5 Å². The van der Waals surface area contributed by atoms with Crippen molar-refractivity contribution in [3.05, 3.63) is 56.8 Å². The van der Waals surface area contributed by atoms with Crippen LogP contribution in [0.4, 0.5) is 44.0 Å². The molecule has 0 bridgehead atoms. The molecule has 5 rings (SSSR count). The zero-order chi connectivity index (χ0) is 36.5. The third-order valence-corrected chi connectivity index (χ3v) is 9.37. The van der Waals surface area contributed by atoms with E-state index in [1.165, 1.54) is 39.7 Å². The van der Waals surface area contributed by atoms with Crippen LogP contribution in [0, 0.1) is 10.1 Å². The van der Waals surface area contributed by atoms with Gasteiger partial charge in [-0.1, -0.05) is 30.1 Å². The Bertz CT molecular complexity index is 1770. The number of hydrogen-bond acceptors (Lipinski definition) is 12. The molecule has 1 N–H and O–H groups in total. The van der Waals surface area contributed by atoms with E-state index in [0.717, 1.165) is 49.6 Å². The second-order valence-electron chi connectivity index (χ2n) is 13.0. The molecule has 0 atom stereocenters. The quantitative estimate of drug-likeness (QED) is 0.176. The molecular weight excluding hydrogens is 691 g/mol. The fourth-order valence-electron chi connectivity index (χ4n) is 5.95. The number of methoxy groups -OCH3 is 2. The summed E-state index contributed by atoms with van der Waals surface area (Å²) in [6.07, 6.45) is 2.33. The largest absolute Gasteiger partial charge is 0.495 e. The van der Waals surface area contributed by atoms with E-state index >= 15 is 0 Å². The van der Waals surface area contributed by atoms with E-state index in [2.05, 4.69) is 32.0 Å². The molecule has 2 fully saturated rings. The highest BCUT2D eigenvalue weighted by Crippen LogP contribution is 2.47. The van der Waals surface area contributed by atoms with E-state index in [1.807, 2.05) is 6.07 Å². The van der Waals surface area contributed by atoms with Crippen molar-refractivity contribution >= 4 is 69.7 Å². The number of carbonyl (C=O) groups excluding carboxylic acids is 2. The predicted octanol–water partition coefficient (Wildman–Crippen LogP) is 7.12. The lowest BCUT2D eigenvalue weighted by Gasteiger charge is -2.42. The zero-order valence-corrected chi connectivity index (χ0v) is 30.5. The van der Waals surface area contributed by atoms with Gasteiger partial charge in [-0.15, -0.1) is 0 Å². The fraction of sp³-hybridized carbons (Fsp3) is 0.455. The summed E-state index contributed by atoms with van der Waals surface area (Å²) < 4.78 is 16.3. The highest BCUT2D eigenvalue weighted by Gasteiger charge is 2.50. The van der Waals surface area contributed by atoms with Crippen LogP contribution in [0.25, 0.3) is 0 Å². The van der Waals surface area contributed by atoms with E-state index < -0.39 is 22.6 Å². The van der Waals surface area contributed by atoms with E-state index in [4.69, 9.17) is 37.4 Å². The molecule has 15 nitrogen and oxygen atoms in total. The smallest absolute Gasteiger partial charge is 0.423 e. The third kappa shape index (κ3) is 7.44. The van der Waals surface area contributed by atoms with Crippen molar-refractivity contribution in [1.82, 2.24) is 14.9 Å². The number of piperazine rings is 1. The molecule has 17 heteroatoms. The highest BCUT2D eigenvalue weighted by atomic mass is 35.5. The van der Waals surface area contributed by atoms with Crippen LogP contribution < -0.4 is 29.5 Å². The number of halogens is 2. The topological polar surface area (TPSA) is 156 Å². The van der Waals surface area contributed by atoms with Gasteiger partial charge in [0.25, 0.3) is 5.69 Å². The molecule has 1 saturated heterocycles. The van der Waals surface area contributed by atoms with Crippen molar-refractivity contribution in [2.24, 2.45) is 0 Å². The summed E-state index contributed by atoms with van der Waals surface area (Å²) in [4.78, 5) is 54.3. The number of urea groups is 1. The Hall–Kier alpha value is -4.60. The molecule has 1 saturated carbocycles. The molecule has 1 aliphatic heterocycles. The van der Waals surface area contributed by atoms with Crippen LogP contribution in [0.1, 0.15) is 40.5 Å². The minimum Gasteiger partial charge on any atom is -0.495 e. The molecule has 3 aromatic rings. The number of benzene rings is 2. The number of carbonyl (C=O) groups is 2. The van der Waals surface area contributed by atoms with E-state index in [9.17, 15) is 19.7 Å². The lowest BCUT2D eigenvalue weighted by molar-refractivity contribution is -0.383. The zero-order valence-electron chi connectivity index (χ0n) is 29.0. The average Bonchev–Trinajstić information content (AvgIpc) is 3.84. The van der Waals surface area contributed by atoms with Gasteiger partial charge in [0.2, 0.25) is 0 Å². The Balaban J connectivity index is 1.44. The summed E-state index contributed by atoms with van der Waals surface area (Å²) in [6.45, 7) is 10.5. The maximum absolute atomic E-state index is 14.1. The molecule has 268 valence electrons. The fourth-order valence-corrected chi connectivity index (χ4v) is 6.62. The number of nitrogens with zero attached hydrogens (tertiary/aromatic N) is 7.